The molecule has 3 rings (SSSR count). The van der Waals surface area contributed by atoms with Crippen molar-refractivity contribution in [3.63, 3.8) is 0 Å². The number of alkyl halides is 3. The molecule has 128 valence electrons. The highest BCUT2D eigenvalue weighted by atomic mass is 32.2. The zero-order valence-electron chi connectivity index (χ0n) is 13.4. The van der Waals surface area contributed by atoms with Crippen LogP contribution in [0, 0.1) is 6.92 Å². The van der Waals surface area contributed by atoms with Gasteiger partial charge in [-0.1, -0.05) is 54.6 Å². The third kappa shape index (κ3) is 4.57. The van der Waals surface area contributed by atoms with Crippen LogP contribution in [-0.4, -0.2) is 5.51 Å². The van der Waals surface area contributed by atoms with E-state index in [9.17, 15) is 13.2 Å². The van der Waals surface area contributed by atoms with E-state index in [0.29, 0.717) is 0 Å². The SMILES string of the molecule is Cc1ccc(-c2cccc(OSC(F)(F)F)c2)cc1-c1ccccc1. The third-order valence-corrected chi connectivity index (χ3v) is 4.19. The second-order valence-electron chi connectivity index (χ2n) is 5.54. The van der Waals surface area contributed by atoms with Crippen molar-refractivity contribution in [3.05, 3.63) is 78.4 Å². The standard InChI is InChI=1S/C20H15F3OS/c1-14-10-11-17(13-19(14)15-6-3-2-4-7-15)16-8-5-9-18(12-16)24-25-20(21,22)23/h2-13H,1H3. The molecule has 5 heteroatoms. The third-order valence-electron chi connectivity index (χ3n) is 3.72. The molecule has 0 aliphatic rings. The average Bonchev–Trinajstić information content (AvgIpc) is 2.61. The summed E-state index contributed by atoms with van der Waals surface area (Å²) in [6, 6.07) is 22.6. The lowest BCUT2D eigenvalue weighted by Gasteiger charge is -2.11. The molecule has 0 aliphatic carbocycles. The van der Waals surface area contributed by atoms with Crippen LogP contribution in [0.15, 0.2) is 72.8 Å². The minimum absolute atomic E-state index is 0.168. The number of hydrogen-bond donors (Lipinski definition) is 0. The van der Waals surface area contributed by atoms with Crippen molar-refractivity contribution in [3.8, 4) is 28.0 Å². The van der Waals surface area contributed by atoms with E-state index in [2.05, 4.69) is 0 Å². The molecule has 0 unspecified atom stereocenters. The lowest BCUT2D eigenvalue weighted by atomic mass is 9.95. The van der Waals surface area contributed by atoms with Crippen LogP contribution in [0.2, 0.25) is 0 Å². The molecule has 1 nitrogen and oxygen atoms in total. The zero-order chi connectivity index (χ0) is 17.9. The Bertz CT molecular complexity index is 860. The van der Waals surface area contributed by atoms with Gasteiger partial charge in [0.25, 0.3) is 0 Å². The van der Waals surface area contributed by atoms with Gasteiger partial charge < -0.3 is 4.18 Å². The first-order chi connectivity index (χ1) is 11.9. The van der Waals surface area contributed by atoms with Crippen molar-refractivity contribution in [1.82, 2.24) is 0 Å². The van der Waals surface area contributed by atoms with Crippen molar-refractivity contribution in [2.45, 2.75) is 12.4 Å². The molecule has 0 heterocycles. The van der Waals surface area contributed by atoms with Crippen LogP contribution < -0.4 is 4.18 Å². The number of aryl methyl sites for hydroxylation is 1. The van der Waals surface area contributed by atoms with Gasteiger partial charge in [0.05, 0.1) is 0 Å². The van der Waals surface area contributed by atoms with Gasteiger partial charge >= 0.3 is 5.51 Å². The lowest BCUT2D eigenvalue weighted by Crippen LogP contribution is -2.02. The van der Waals surface area contributed by atoms with Gasteiger partial charge in [-0.05, 0) is 52.9 Å². The Morgan fingerprint density at radius 3 is 2.16 bits per heavy atom. The Balaban J connectivity index is 1.92. The Hall–Kier alpha value is -2.40. The molecular formula is C20H15F3OS. The molecule has 0 N–H and O–H groups in total. The van der Waals surface area contributed by atoms with E-state index in [4.69, 9.17) is 4.18 Å². The fraction of sp³-hybridized carbons (Fsp3) is 0.100. The summed E-state index contributed by atoms with van der Waals surface area (Å²) in [5.41, 5.74) is 0.621. The minimum Gasteiger partial charge on any atom is -0.417 e. The normalized spacial score (nSPS) is 11.4. The van der Waals surface area contributed by atoms with Crippen molar-refractivity contribution in [1.29, 1.82) is 0 Å². The molecule has 3 aromatic carbocycles. The molecule has 0 radical (unpaired) electrons. The van der Waals surface area contributed by atoms with Crippen molar-refractivity contribution in [2.75, 3.05) is 0 Å². The van der Waals surface area contributed by atoms with E-state index < -0.39 is 17.6 Å². The molecule has 0 fully saturated rings. The lowest BCUT2D eigenvalue weighted by molar-refractivity contribution is -0.0369. The van der Waals surface area contributed by atoms with E-state index in [1.165, 1.54) is 6.07 Å². The maximum atomic E-state index is 12.3. The highest BCUT2D eigenvalue weighted by molar-refractivity contribution is 7.95. The molecule has 0 aromatic heterocycles. The molecule has 0 atom stereocenters. The second-order valence-corrected chi connectivity index (χ2v) is 6.33. The number of halogens is 3. The molecule has 3 aromatic rings. The first-order valence-electron chi connectivity index (χ1n) is 7.61. The zero-order valence-corrected chi connectivity index (χ0v) is 14.2. The summed E-state index contributed by atoms with van der Waals surface area (Å²) in [6.07, 6.45) is 0. The van der Waals surface area contributed by atoms with Crippen LogP contribution in [-0.2, 0) is 0 Å². The summed E-state index contributed by atoms with van der Waals surface area (Å²) >= 11 is -0.507. The van der Waals surface area contributed by atoms with Crippen LogP contribution in [0.4, 0.5) is 13.2 Å². The summed E-state index contributed by atoms with van der Waals surface area (Å²) < 4.78 is 41.6. The fourth-order valence-corrected chi connectivity index (χ4v) is 2.85. The molecule has 0 aliphatic heterocycles. The maximum Gasteiger partial charge on any atom is 0.479 e. The van der Waals surface area contributed by atoms with Crippen LogP contribution in [0.1, 0.15) is 5.56 Å². The van der Waals surface area contributed by atoms with E-state index in [-0.39, 0.29) is 5.75 Å². The summed E-state index contributed by atoms with van der Waals surface area (Å²) in [5.74, 6) is 0.168. The van der Waals surface area contributed by atoms with Gasteiger partial charge in [0.15, 0.2) is 12.0 Å². The van der Waals surface area contributed by atoms with Crippen molar-refractivity contribution in [2.24, 2.45) is 0 Å². The van der Waals surface area contributed by atoms with E-state index in [1.54, 1.807) is 12.1 Å². The quantitative estimate of drug-likeness (QED) is 0.469. The molecule has 0 amide bonds. The van der Waals surface area contributed by atoms with E-state index in [1.807, 2.05) is 61.5 Å². The summed E-state index contributed by atoms with van der Waals surface area (Å²) in [4.78, 5) is 0. The van der Waals surface area contributed by atoms with Gasteiger partial charge in [-0.2, -0.15) is 13.2 Å². The largest absolute Gasteiger partial charge is 0.479 e. The van der Waals surface area contributed by atoms with Crippen molar-refractivity contribution < 1.29 is 17.4 Å². The molecular weight excluding hydrogens is 345 g/mol. The number of benzene rings is 3. The molecule has 0 bridgehead atoms. The monoisotopic (exact) mass is 360 g/mol. The number of hydrogen-bond acceptors (Lipinski definition) is 2. The summed E-state index contributed by atoms with van der Waals surface area (Å²) in [6.45, 7) is 2.03. The minimum atomic E-state index is -4.43. The van der Waals surface area contributed by atoms with Crippen LogP contribution >= 0.6 is 12.0 Å². The number of rotatable bonds is 4. The molecule has 0 saturated carbocycles. The smallest absolute Gasteiger partial charge is 0.417 e. The van der Waals surface area contributed by atoms with Gasteiger partial charge in [0.1, 0.15) is 5.75 Å². The van der Waals surface area contributed by atoms with Gasteiger partial charge in [0.2, 0.25) is 0 Å². The van der Waals surface area contributed by atoms with Crippen LogP contribution in [0.25, 0.3) is 22.3 Å². The summed E-state index contributed by atoms with van der Waals surface area (Å²) in [7, 11) is 0. The molecule has 25 heavy (non-hydrogen) atoms. The summed E-state index contributed by atoms with van der Waals surface area (Å²) in [5, 5.41) is 0. The van der Waals surface area contributed by atoms with Crippen molar-refractivity contribution >= 4 is 12.0 Å². The first kappa shape index (κ1) is 17.4. The van der Waals surface area contributed by atoms with Gasteiger partial charge in [-0.3, -0.25) is 0 Å². The van der Waals surface area contributed by atoms with E-state index in [0.717, 1.165) is 27.8 Å². The second kappa shape index (κ2) is 7.23. The average molecular weight is 360 g/mol. The van der Waals surface area contributed by atoms with Gasteiger partial charge in [-0.15, -0.1) is 0 Å². The van der Waals surface area contributed by atoms with E-state index >= 15 is 0 Å². The van der Waals surface area contributed by atoms with Gasteiger partial charge in [0, 0.05) is 0 Å². The Morgan fingerprint density at radius 1 is 0.760 bits per heavy atom. The van der Waals surface area contributed by atoms with Gasteiger partial charge in [-0.25, -0.2) is 0 Å². The Labute approximate surface area is 148 Å². The Morgan fingerprint density at radius 2 is 1.44 bits per heavy atom. The molecule has 0 saturated heterocycles. The highest BCUT2D eigenvalue weighted by Gasteiger charge is 2.31. The van der Waals surface area contributed by atoms with Crippen LogP contribution in [0.3, 0.4) is 0 Å². The van der Waals surface area contributed by atoms with Crippen LogP contribution in [0.5, 0.6) is 5.75 Å². The maximum absolute atomic E-state index is 12.3. The predicted octanol–water partition coefficient (Wildman–Crippen LogP) is 6.88. The predicted molar refractivity (Wildman–Crippen MR) is 96.3 cm³/mol. The topological polar surface area (TPSA) is 9.23 Å². The fourth-order valence-electron chi connectivity index (χ4n) is 2.55. The highest BCUT2D eigenvalue weighted by Crippen LogP contribution is 2.35. The first-order valence-corrected chi connectivity index (χ1v) is 8.35. The molecule has 0 spiro atoms. The Kier molecular flexibility index (Phi) is 5.04.